The van der Waals surface area contributed by atoms with Crippen LogP contribution in [0.1, 0.15) is 43.6 Å². The van der Waals surface area contributed by atoms with E-state index < -0.39 is 35.9 Å². The summed E-state index contributed by atoms with van der Waals surface area (Å²) in [4.78, 5) is 41.5. The number of rotatable bonds is 7. The van der Waals surface area contributed by atoms with Gasteiger partial charge in [0.05, 0.1) is 30.3 Å². The van der Waals surface area contributed by atoms with E-state index >= 15 is 0 Å². The summed E-state index contributed by atoms with van der Waals surface area (Å²) in [6, 6.07) is 7.17. The van der Waals surface area contributed by atoms with Crippen molar-refractivity contribution in [3.63, 3.8) is 0 Å². The predicted molar refractivity (Wildman–Crippen MR) is 148 cm³/mol. The van der Waals surface area contributed by atoms with E-state index in [1.165, 1.54) is 35.0 Å². The minimum absolute atomic E-state index is 0.0827. The molecule has 41 heavy (non-hydrogen) atoms. The molecular weight excluding hydrogens is 543 g/mol. The molecule has 2 aromatic rings. The number of anilines is 2. The molecule has 3 rings (SSSR count). The molecule has 0 unspecified atom stereocenters. The lowest BCUT2D eigenvalue weighted by atomic mass is 9.99. The van der Waals surface area contributed by atoms with Crippen LogP contribution in [0.15, 0.2) is 42.5 Å². The van der Waals surface area contributed by atoms with Gasteiger partial charge in [-0.25, -0.2) is 9.59 Å². The van der Waals surface area contributed by atoms with Crippen LogP contribution in [0.3, 0.4) is 0 Å². The lowest BCUT2D eigenvalue weighted by Gasteiger charge is -2.38. The van der Waals surface area contributed by atoms with E-state index in [4.69, 9.17) is 4.74 Å². The highest BCUT2D eigenvalue weighted by Crippen LogP contribution is 2.31. The van der Waals surface area contributed by atoms with Crippen molar-refractivity contribution in [2.75, 3.05) is 37.4 Å². The fourth-order valence-electron chi connectivity index (χ4n) is 4.26. The van der Waals surface area contributed by atoms with Crippen LogP contribution in [0.4, 0.5) is 34.1 Å². The Morgan fingerprint density at radius 3 is 2.32 bits per heavy atom. The lowest BCUT2D eigenvalue weighted by Crippen LogP contribution is -2.50. The number of halogens is 3. The largest absolute Gasteiger partial charge is 0.487 e. The van der Waals surface area contributed by atoms with E-state index in [2.05, 4.69) is 16.0 Å². The molecule has 0 saturated heterocycles. The number of fused-ring (bicyclic) bond motifs is 1. The van der Waals surface area contributed by atoms with E-state index in [-0.39, 0.29) is 54.6 Å². The van der Waals surface area contributed by atoms with E-state index in [9.17, 15) is 32.7 Å². The molecule has 10 nitrogen and oxygen atoms in total. The van der Waals surface area contributed by atoms with Crippen molar-refractivity contribution in [3.05, 3.63) is 53.6 Å². The Morgan fingerprint density at radius 1 is 1.10 bits per heavy atom. The highest BCUT2D eigenvalue weighted by molar-refractivity contribution is 5.99. The SMILES string of the molecule is CC(C)NC(=O)Nc1ccc2c(c1)C(=O)N([C@@H](C)CO)C[C@H](C)[C@H](CN(C)C(=O)Nc1ccc(C(F)(F)F)cc1)O2. The number of aliphatic hydroxyl groups is 1. The van der Waals surface area contributed by atoms with Crippen molar-refractivity contribution in [3.8, 4) is 5.75 Å². The highest BCUT2D eigenvalue weighted by atomic mass is 19.4. The fraction of sp³-hybridized carbons (Fsp3) is 0.464. The molecule has 0 bridgehead atoms. The molecule has 1 aliphatic rings. The summed E-state index contributed by atoms with van der Waals surface area (Å²) < 4.78 is 44.8. The maximum absolute atomic E-state index is 13.5. The van der Waals surface area contributed by atoms with E-state index in [1.807, 2.05) is 20.8 Å². The van der Waals surface area contributed by atoms with Gasteiger partial charge in [-0.05, 0) is 63.2 Å². The van der Waals surface area contributed by atoms with Gasteiger partial charge in [0.15, 0.2) is 0 Å². The molecule has 2 aromatic carbocycles. The maximum atomic E-state index is 13.5. The van der Waals surface area contributed by atoms with Crippen LogP contribution in [0.5, 0.6) is 5.75 Å². The molecule has 0 radical (unpaired) electrons. The Morgan fingerprint density at radius 2 is 1.73 bits per heavy atom. The molecule has 0 fully saturated rings. The van der Waals surface area contributed by atoms with Gasteiger partial charge in [-0.2, -0.15) is 13.2 Å². The number of urea groups is 2. The van der Waals surface area contributed by atoms with E-state index in [0.717, 1.165) is 12.1 Å². The molecule has 3 atom stereocenters. The van der Waals surface area contributed by atoms with Crippen molar-refractivity contribution < 1.29 is 37.4 Å². The van der Waals surface area contributed by atoms with Gasteiger partial charge in [-0.1, -0.05) is 6.92 Å². The zero-order chi connectivity index (χ0) is 30.5. The van der Waals surface area contributed by atoms with Gasteiger partial charge in [0.2, 0.25) is 0 Å². The van der Waals surface area contributed by atoms with Crippen molar-refractivity contribution >= 4 is 29.3 Å². The topological polar surface area (TPSA) is 123 Å². The summed E-state index contributed by atoms with van der Waals surface area (Å²) in [5.74, 6) is -0.418. The number of amides is 5. The first kappa shape index (κ1) is 31.5. The number of hydrogen-bond donors (Lipinski definition) is 4. The first-order valence-electron chi connectivity index (χ1n) is 13.2. The molecule has 1 aliphatic heterocycles. The Hall–Kier alpha value is -4.00. The van der Waals surface area contributed by atoms with Crippen LogP contribution in [-0.2, 0) is 6.18 Å². The van der Waals surface area contributed by atoms with Crippen LogP contribution in [0.25, 0.3) is 0 Å². The molecule has 0 spiro atoms. The standard InChI is InChI=1S/C28H36F3N5O5/c1-16(2)32-26(39)33-21-10-11-23-22(12-21)25(38)36(18(4)15-37)13-17(3)24(41-23)14-35(5)27(40)34-20-8-6-19(7-9-20)28(29,30)31/h6-12,16-18,24,37H,13-15H2,1-5H3,(H,34,40)(H2,32,33,39)/t17-,18-,24-/m0/s1. The molecule has 13 heteroatoms. The monoisotopic (exact) mass is 579 g/mol. The van der Waals surface area contributed by atoms with E-state index in [1.54, 1.807) is 19.1 Å². The van der Waals surface area contributed by atoms with Gasteiger partial charge >= 0.3 is 18.2 Å². The summed E-state index contributed by atoms with van der Waals surface area (Å²) in [6.07, 6.45) is -5.08. The van der Waals surface area contributed by atoms with Crippen LogP contribution in [0.2, 0.25) is 0 Å². The summed E-state index contributed by atoms with van der Waals surface area (Å²) in [6.45, 7) is 7.21. The third-order valence-electron chi connectivity index (χ3n) is 6.61. The second kappa shape index (κ2) is 13.1. The summed E-state index contributed by atoms with van der Waals surface area (Å²) in [7, 11) is 1.52. The summed E-state index contributed by atoms with van der Waals surface area (Å²) in [5, 5.41) is 17.8. The number of likely N-dealkylation sites (N-methyl/N-ethyl adjacent to an activating group) is 1. The van der Waals surface area contributed by atoms with Gasteiger partial charge in [0.25, 0.3) is 5.91 Å². The van der Waals surface area contributed by atoms with Gasteiger partial charge in [-0.15, -0.1) is 0 Å². The summed E-state index contributed by atoms with van der Waals surface area (Å²) in [5.41, 5.74) is -0.0775. The van der Waals surface area contributed by atoms with Gasteiger partial charge < -0.3 is 35.6 Å². The lowest BCUT2D eigenvalue weighted by molar-refractivity contribution is -0.137. The normalized spacial score (nSPS) is 18.0. The Labute approximate surface area is 236 Å². The molecule has 4 N–H and O–H groups in total. The summed E-state index contributed by atoms with van der Waals surface area (Å²) >= 11 is 0. The smallest absolute Gasteiger partial charge is 0.416 e. The first-order chi connectivity index (χ1) is 19.2. The Balaban J connectivity index is 1.82. The quantitative estimate of drug-likeness (QED) is 0.381. The minimum atomic E-state index is -4.48. The molecule has 224 valence electrons. The average molecular weight is 580 g/mol. The average Bonchev–Trinajstić information content (AvgIpc) is 2.89. The number of hydrogen-bond acceptors (Lipinski definition) is 5. The van der Waals surface area contributed by atoms with Crippen LogP contribution < -0.4 is 20.7 Å². The van der Waals surface area contributed by atoms with Crippen molar-refractivity contribution in [2.24, 2.45) is 5.92 Å². The number of carbonyl (C=O) groups is 3. The van der Waals surface area contributed by atoms with Crippen LogP contribution >= 0.6 is 0 Å². The number of alkyl halides is 3. The number of nitrogens with zero attached hydrogens (tertiary/aromatic N) is 2. The minimum Gasteiger partial charge on any atom is -0.487 e. The second-order valence-electron chi connectivity index (χ2n) is 10.5. The number of nitrogens with one attached hydrogen (secondary N) is 3. The third-order valence-corrected chi connectivity index (χ3v) is 6.61. The van der Waals surface area contributed by atoms with E-state index in [0.29, 0.717) is 5.69 Å². The molecule has 1 heterocycles. The molecule has 0 saturated carbocycles. The zero-order valence-electron chi connectivity index (χ0n) is 23.6. The van der Waals surface area contributed by atoms with Crippen molar-refractivity contribution in [1.82, 2.24) is 15.1 Å². The Kier molecular flexibility index (Phi) is 10.1. The zero-order valence-corrected chi connectivity index (χ0v) is 23.6. The number of ether oxygens (including phenoxy) is 1. The molecule has 5 amide bonds. The van der Waals surface area contributed by atoms with Crippen LogP contribution in [0, 0.1) is 5.92 Å². The van der Waals surface area contributed by atoms with Crippen molar-refractivity contribution in [2.45, 2.75) is 52.1 Å². The first-order valence-corrected chi connectivity index (χ1v) is 13.2. The number of benzene rings is 2. The molecular formula is C28H36F3N5O5. The molecule has 0 aromatic heterocycles. The molecule has 0 aliphatic carbocycles. The van der Waals surface area contributed by atoms with Gasteiger partial charge in [0, 0.05) is 36.9 Å². The van der Waals surface area contributed by atoms with Gasteiger partial charge in [-0.3, -0.25) is 4.79 Å². The highest BCUT2D eigenvalue weighted by Gasteiger charge is 2.34. The Bertz CT molecular complexity index is 1240. The van der Waals surface area contributed by atoms with Crippen molar-refractivity contribution in [1.29, 1.82) is 0 Å². The van der Waals surface area contributed by atoms with Gasteiger partial charge in [0.1, 0.15) is 11.9 Å². The second-order valence-corrected chi connectivity index (χ2v) is 10.5. The maximum Gasteiger partial charge on any atom is 0.416 e. The fourth-order valence-corrected chi connectivity index (χ4v) is 4.26. The third kappa shape index (κ3) is 8.26. The number of carbonyl (C=O) groups excluding carboxylic acids is 3. The number of aliphatic hydroxyl groups excluding tert-OH is 1. The van der Waals surface area contributed by atoms with Crippen LogP contribution in [-0.4, -0.2) is 77.8 Å². The predicted octanol–water partition coefficient (Wildman–Crippen LogP) is 4.62.